The minimum absolute atomic E-state index is 0.374. The van der Waals surface area contributed by atoms with Crippen molar-refractivity contribution in [1.29, 1.82) is 0 Å². The number of esters is 3. The monoisotopic (exact) mass is 410 g/mol. The highest BCUT2D eigenvalue weighted by Crippen LogP contribution is 2.36. The number of ether oxygens (including phenoxy) is 4. The van der Waals surface area contributed by atoms with E-state index in [1.165, 1.54) is 6.92 Å². The smallest absolute Gasteiger partial charge is 0.303 e. The molecule has 9 nitrogen and oxygen atoms in total. The first-order valence-electron chi connectivity index (χ1n) is 7.01. The Kier molecular flexibility index (Phi) is 6.87. The standard InChI is InChI=1S/C14H19BrO9/c1-6(16)12(15)14(20)13(24-9(4)19)11(23-8(3)18)10(5-21-14)22-7(2)17/h10-13,20H,5H2,1-4H3/t10-,11-,12?,13+,14+/m1/s1. The molecular weight excluding hydrogens is 392 g/mol. The van der Waals surface area contributed by atoms with Crippen LogP contribution in [0.3, 0.4) is 0 Å². The molecule has 1 rings (SSSR count). The van der Waals surface area contributed by atoms with Gasteiger partial charge in [0.25, 0.3) is 0 Å². The zero-order valence-corrected chi connectivity index (χ0v) is 15.2. The van der Waals surface area contributed by atoms with E-state index in [1.807, 2.05) is 0 Å². The average molecular weight is 411 g/mol. The van der Waals surface area contributed by atoms with Crippen LogP contribution in [0.4, 0.5) is 0 Å². The molecule has 0 amide bonds. The molecule has 0 saturated carbocycles. The van der Waals surface area contributed by atoms with Crippen molar-refractivity contribution >= 4 is 39.6 Å². The molecule has 24 heavy (non-hydrogen) atoms. The lowest BCUT2D eigenvalue weighted by atomic mass is 9.92. The van der Waals surface area contributed by atoms with Crippen LogP contribution in [0.1, 0.15) is 27.7 Å². The first-order chi connectivity index (χ1) is 11.0. The molecule has 1 saturated heterocycles. The maximum absolute atomic E-state index is 11.6. The fourth-order valence-corrected chi connectivity index (χ4v) is 2.70. The molecule has 0 aromatic carbocycles. The highest BCUT2D eigenvalue weighted by molar-refractivity contribution is 9.10. The van der Waals surface area contributed by atoms with Crippen LogP contribution in [0.5, 0.6) is 0 Å². The summed E-state index contributed by atoms with van der Waals surface area (Å²) in [4.78, 5) is 44.4. The largest absolute Gasteiger partial charge is 0.456 e. The van der Waals surface area contributed by atoms with Gasteiger partial charge < -0.3 is 24.1 Å². The molecule has 1 aliphatic heterocycles. The highest BCUT2D eigenvalue weighted by atomic mass is 79.9. The van der Waals surface area contributed by atoms with Gasteiger partial charge in [0.05, 0.1) is 6.61 Å². The lowest BCUT2D eigenvalue weighted by Gasteiger charge is -2.46. The Balaban J connectivity index is 3.29. The van der Waals surface area contributed by atoms with Crippen molar-refractivity contribution in [1.82, 2.24) is 0 Å². The summed E-state index contributed by atoms with van der Waals surface area (Å²) in [6.45, 7) is 4.11. The van der Waals surface area contributed by atoms with Crippen molar-refractivity contribution < 1.29 is 43.2 Å². The predicted octanol–water partition coefficient (Wildman–Crippen LogP) is -0.147. The van der Waals surface area contributed by atoms with E-state index in [1.54, 1.807) is 0 Å². The summed E-state index contributed by atoms with van der Waals surface area (Å²) in [5.74, 6) is -5.08. The average Bonchev–Trinajstić information content (AvgIpc) is 2.43. The van der Waals surface area contributed by atoms with E-state index in [4.69, 9.17) is 18.9 Å². The molecule has 0 bridgehead atoms. The van der Waals surface area contributed by atoms with Gasteiger partial charge in [-0.2, -0.15) is 0 Å². The van der Waals surface area contributed by atoms with Gasteiger partial charge in [-0.1, -0.05) is 15.9 Å². The van der Waals surface area contributed by atoms with Crippen LogP contribution in [-0.2, 0) is 38.1 Å². The number of Topliss-reactive ketones (excluding diaryl/α,β-unsaturated/α-hetero) is 1. The predicted molar refractivity (Wildman–Crippen MR) is 81.0 cm³/mol. The number of aliphatic hydroxyl groups is 1. The minimum atomic E-state index is -2.31. The van der Waals surface area contributed by atoms with Gasteiger partial charge in [0, 0.05) is 20.8 Å². The Bertz CT molecular complexity index is 534. The molecular formula is C14H19BrO9. The van der Waals surface area contributed by atoms with Crippen molar-refractivity contribution in [2.75, 3.05) is 6.61 Å². The molecule has 0 radical (unpaired) electrons. The summed E-state index contributed by atoms with van der Waals surface area (Å²) in [5, 5.41) is 10.8. The maximum atomic E-state index is 11.6. The lowest BCUT2D eigenvalue weighted by molar-refractivity contribution is -0.321. The van der Waals surface area contributed by atoms with Gasteiger partial charge in [-0.05, 0) is 6.92 Å². The van der Waals surface area contributed by atoms with Gasteiger partial charge in [0.1, 0.15) is 10.6 Å². The third kappa shape index (κ3) is 4.74. The Labute approximate surface area is 146 Å². The summed E-state index contributed by atoms with van der Waals surface area (Å²) in [6, 6.07) is 0. The van der Waals surface area contributed by atoms with Crippen molar-refractivity contribution in [2.24, 2.45) is 0 Å². The van der Waals surface area contributed by atoms with Crippen LogP contribution in [0.25, 0.3) is 0 Å². The van der Waals surface area contributed by atoms with E-state index in [0.29, 0.717) is 0 Å². The van der Waals surface area contributed by atoms with Gasteiger partial charge in [-0.3, -0.25) is 19.2 Å². The second-order valence-corrected chi connectivity index (χ2v) is 6.20. The lowest BCUT2D eigenvalue weighted by Crippen LogP contribution is -2.68. The van der Waals surface area contributed by atoms with Crippen molar-refractivity contribution in [3.8, 4) is 0 Å². The van der Waals surface area contributed by atoms with E-state index >= 15 is 0 Å². The molecule has 10 heteroatoms. The van der Waals surface area contributed by atoms with Crippen LogP contribution in [0.15, 0.2) is 0 Å². The van der Waals surface area contributed by atoms with Gasteiger partial charge >= 0.3 is 17.9 Å². The number of ketones is 1. The molecule has 0 aliphatic carbocycles. The molecule has 0 aromatic rings. The fraction of sp³-hybridized carbons (Fsp3) is 0.714. The van der Waals surface area contributed by atoms with E-state index in [2.05, 4.69) is 15.9 Å². The summed E-state index contributed by atoms with van der Waals surface area (Å²) in [6.07, 6.45) is -4.07. The SMILES string of the molecule is CC(=O)O[C@@H]1[C@H](OC(C)=O)CO[C@@](O)(C(Br)C(C)=O)[C@H]1OC(C)=O. The Morgan fingerprint density at radius 2 is 1.54 bits per heavy atom. The second kappa shape index (κ2) is 8.04. The Morgan fingerprint density at radius 3 is 1.96 bits per heavy atom. The fourth-order valence-electron chi connectivity index (χ4n) is 2.31. The van der Waals surface area contributed by atoms with Gasteiger partial charge in [-0.15, -0.1) is 0 Å². The number of rotatable bonds is 5. The molecule has 1 aliphatic rings. The zero-order chi connectivity index (χ0) is 18.7. The molecule has 0 aromatic heterocycles. The normalized spacial score (nSPS) is 30.8. The second-order valence-electron chi connectivity index (χ2n) is 5.29. The van der Waals surface area contributed by atoms with Crippen LogP contribution in [0, 0.1) is 0 Å². The first kappa shape index (κ1) is 20.5. The zero-order valence-electron chi connectivity index (χ0n) is 13.6. The van der Waals surface area contributed by atoms with Crippen LogP contribution in [-0.4, -0.2) is 64.3 Å². The highest BCUT2D eigenvalue weighted by Gasteiger charge is 2.59. The Hall–Kier alpha value is -1.52. The molecule has 1 N–H and O–H groups in total. The summed E-state index contributed by atoms with van der Waals surface area (Å²) < 4.78 is 20.4. The van der Waals surface area contributed by atoms with Crippen LogP contribution < -0.4 is 0 Å². The van der Waals surface area contributed by atoms with Crippen molar-refractivity contribution in [2.45, 2.75) is 56.6 Å². The number of hydrogen-bond acceptors (Lipinski definition) is 9. The van der Waals surface area contributed by atoms with Gasteiger partial charge in [0.15, 0.2) is 18.3 Å². The number of carbonyl (C=O) groups excluding carboxylic acids is 4. The van der Waals surface area contributed by atoms with Gasteiger partial charge in [-0.25, -0.2) is 0 Å². The molecule has 0 spiro atoms. The van der Waals surface area contributed by atoms with E-state index in [-0.39, 0.29) is 6.61 Å². The van der Waals surface area contributed by atoms with Crippen molar-refractivity contribution in [3.63, 3.8) is 0 Å². The molecule has 5 atom stereocenters. The number of hydrogen-bond donors (Lipinski definition) is 1. The number of alkyl halides is 1. The topological polar surface area (TPSA) is 125 Å². The minimum Gasteiger partial charge on any atom is -0.456 e. The van der Waals surface area contributed by atoms with E-state index < -0.39 is 52.6 Å². The first-order valence-corrected chi connectivity index (χ1v) is 7.93. The summed E-state index contributed by atoms with van der Waals surface area (Å²) >= 11 is 2.99. The van der Waals surface area contributed by atoms with E-state index in [9.17, 15) is 24.3 Å². The quantitative estimate of drug-likeness (QED) is 0.374. The summed E-state index contributed by atoms with van der Waals surface area (Å²) in [7, 11) is 0. The Morgan fingerprint density at radius 1 is 1.04 bits per heavy atom. The molecule has 1 heterocycles. The molecule has 1 fully saturated rings. The maximum Gasteiger partial charge on any atom is 0.303 e. The van der Waals surface area contributed by atoms with Crippen LogP contribution >= 0.6 is 15.9 Å². The third-order valence-electron chi connectivity index (χ3n) is 3.18. The van der Waals surface area contributed by atoms with Gasteiger partial charge in [0.2, 0.25) is 5.79 Å². The number of carbonyl (C=O) groups is 4. The summed E-state index contributed by atoms with van der Waals surface area (Å²) in [5.41, 5.74) is 0. The van der Waals surface area contributed by atoms with E-state index in [0.717, 1.165) is 20.8 Å². The third-order valence-corrected chi connectivity index (χ3v) is 4.48. The molecule has 136 valence electrons. The number of halogens is 1. The van der Waals surface area contributed by atoms with Crippen LogP contribution in [0.2, 0.25) is 0 Å². The van der Waals surface area contributed by atoms with Crippen molar-refractivity contribution in [3.05, 3.63) is 0 Å². The molecule has 1 unspecified atom stereocenters.